The van der Waals surface area contributed by atoms with Gasteiger partial charge >= 0.3 is 12.1 Å². The molecule has 0 amide bonds. The van der Waals surface area contributed by atoms with Gasteiger partial charge in [-0.25, -0.2) is 13.2 Å². The number of hydrogen-bond donors (Lipinski definition) is 2. The third-order valence-corrected chi connectivity index (χ3v) is 3.43. The van der Waals surface area contributed by atoms with Gasteiger partial charge in [-0.05, 0) is 31.2 Å². The Kier molecular flexibility index (Phi) is 5.74. The second kappa shape index (κ2) is 6.94. The van der Waals surface area contributed by atoms with Crippen LogP contribution in [0.15, 0.2) is 29.2 Å². The predicted molar refractivity (Wildman–Crippen MR) is 66.5 cm³/mol. The van der Waals surface area contributed by atoms with Crippen molar-refractivity contribution < 1.29 is 41.1 Å². The normalized spacial score (nSPS) is 13.6. The van der Waals surface area contributed by atoms with Crippen molar-refractivity contribution in [3.05, 3.63) is 24.3 Å². The third-order valence-electron chi connectivity index (χ3n) is 2.22. The molecule has 0 spiro atoms. The van der Waals surface area contributed by atoms with Gasteiger partial charge < -0.3 is 9.84 Å². The first-order valence-corrected chi connectivity index (χ1v) is 7.19. The molecule has 7 nitrogen and oxygen atoms in total. The SMILES string of the molecule is CC(ONS(=O)(=O)c1ccc(OCC(F)(F)F)cc1)C(=O)O. The highest BCUT2D eigenvalue weighted by Gasteiger charge is 2.28. The zero-order valence-corrected chi connectivity index (χ0v) is 11.9. The van der Waals surface area contributed by atoms with Gasteiger partial charge in [0.2, 0.25) is 0 Å². The second-order valence-electron chi connectivity index (χ2n) is 4.06. The first kappa shape index (κ1) is 18.2. The molecule has 0 aliphatic carbocycles. The number of ether oxygens (including phenoxy) is 1. The molecule has 11 heteroatoms. The Morgan fingerprint density at radius 1 is 1.32 bits per heavy atom. The van der Waals surface area contributed by atoms with Crippen molar-refractivity contribution in [2.24, 2.45) is 0 Å². The minimum absolute atomic E-state index is 0.170. The van der Waals surface area contributed by atoms with Gasteiger partial charge in [0.05, 0.1) is 4.90 Å². The van der Waals surface area contributed by atoms with Gasteiger partial charge in [-0.2, -0.15) is 13.2 Å². The number of carboxylic acids is 1. The molecule has 0 saturated heterocycles. The van der Waals surface area contributed by atoms with E-state index >= 15 is 0 Å². The van der Waals surface area contributed by atoms with Crippen LogP contribution >= 0.6 is 0 Å². The number of alkyl halides is 3. The van der Waals surface area contributed by atoms with E-state index in [-0.39, 0.29) is 10.6 Å². The number of rotatable bonds is 7. The lowest BCUT2D eigenvalue weighted by atomic mass is 10.3. The second-order valence-corrected chi connectivity index (χ2v) is 5.71. The van der Waals surface area contributed by atoms with E-state index in [9.17, 15) is 26.4 Å². The van der Waals surface area contributed by atoms with Crippen molar-refractivity contribution >= 4 is 16.0 Å². The van der Waals surface area contributed by atoms with E-state index in [4.69, 9.17) is 5.11 Å². The first-order chi connectivity index (χ1) is 10.0. The Morgan fingerprint density at radius 2 is 1.86 bits per heavy atom. The van der Waals surface area contributed by atoms with Crippen LogP contribution < -0.4 is 9.62 Å². The standard InChI is InChI=1S/C11H12F3NO6S/c1-7(10(16)17)21-15-22(18,19)9-4-2-8(3-5-9)20-6-11(12,13)14/h2-5,7,15H,6H2,1H3,(H,16,17). The summed E-state index contributed by atoms with van der Waals surface area (Å²) in [5, 5.41) is 8.54. The number of carboxylic acid groups (broad SMARTS) is 1. The smallest absolute Gasteiger partial charge is 0.422 e. The lowest BCUT2D eigenvalue weighted by Crippen LogP contribution is -2.32. The summed E-state index contributed by atoms with van der Waals surface area (Å²) in [5.41, 5.74) is 0. The van der Waals surface area contributed by atoms with Crippen LogP contribution in [0.1, 0.15) is 6.92 Å². The van der Waals surface area contributed by atoms with E-state index in [1.807, 2.05) is 0 Å². The monoisotopic (exact) mass is 343 g/mol. The van der Waals surface area contributed by atoms with Crippen molar-refractivity contribution in [2.45, 2.75) is 24.1 Å². The molecule has 0 aliphatic heterocycles. The molecule has 0 radical (unpaired) electrons. The Morgan fingerprint density at radius 3 is 2.32 bits per heavy atom. The van der Waals surface area contributed by atoms with E-state index in [0.29, 0.717) is 0 Å². The van der Waals surface area contributed by atoms with Gasteiger partial charge in [-0.1, -0.05) is 4.89 Å². The molecule has 1 rings (SSSR count). The van der Waals surface area contributed by atoms with Crippen LogP contribution in [0, 0.1) is 0 Å². The summed E-state index contributed by atoms with van der Waals surface area (Å²) in [5.74, 6) is -1.55. The van der Waals surface area contributed by atoms with Gasteiger partial charge in [0, 0.05) is 0 Å². The van der Waals surface area contributed by atoms with E-state index in [1.165, 1.54) is 0 Å². The Bertz CT molecular complexity index is 614. The van der Waals surface area contributed by atoms with Crippen molar-refractivity contribution in [1.82, 2.24) is 4.89 Å². The largest absolute Gasteiger partial charge is 0.484 e. The molecule has 0 bridgehead atoms. The highest BCUT2D eigenvalue weighted by Crippen LogP contribution is 2.20. The zero-order chi connectivity index (χ0) is 17.0. The summed E-state index contributed by atoms with van der Waals surface area (Å²) in [6.45, 7) is -0.393. The molecule has 1 aromatic rings. The molecule has 0 fully saturated rings. The average Bonchev–Trinajstić information content (AvgIpc) is 2.42. The Labute approximate surface area is 123 Å². The summed E-state index contributed by atoms with van der Waals surface area (Å²) >= 11 is 0. The lowest BCUT2D eigenvalue weighted by molar-refractivity contribution is -0.153. The number of halogens is 3. The molecule has 2 N–H and O–H groups in total. The molecule has 22 heavy (non-hydrogen) atoms. The van der Waals surface area contributed by atoms with Crippen molar-refractivity contribution in [1.29, 1.82) is 0 Å². The van der Waals surface area contributed by atoms with Crippen LogP contribution in [-0.4, -0.2) is 38.4 Å². The fraction of sp³-hybridized carbons (Fsp3) is 0.364. The number of aliphatic carboxylic acids is 1. The lowest BCUT2D eigenvalue weighted by Gasteiger charge is -2.11. The molecule has 0 aliphatic rings. The highest BCUT2D eigenvalue weighted by molar-refractivity contribution is 7.89. The summed E-state index contributed by atoms with van der Waals surface area (Å²) in [7, 11) is -4.16. The van der Waals surface area contributed by atoms with E-state index in [0.717, 1.165) is 31.2 Å². The quantitative estimate of drug-likeness (QED) is 0.724. The summed E-state index contributed by atoms with van der Waals surface area (Å²) < 4.78 is 63.8. The molecule has 0 heterocycles. The fourth-order valence-corrected chi connectivity index (χ4v) is 1.98. The third kappa shape index (κ3) is 5.87. The topological polar surface area (TPSA) is 102 Å². The molecule has 0 aromatic heterocycles. The van der Waals surface area contributed by atoms with Crippen molar-refractivity contribution in [3.8, 4) is 5.75 Å². The maximum atomic E-state index is 12.0. The van der Waals surface area contributed by atoms with Crippen LogP contribution in [0.4, 0.5) is 13.2 Å². The number of sulfonamides is 1. The molecule has 1 aromatic carbocycles. The zero-order valence-electron chi connectivity index (χ0n) is 11.1. The molecular weight excluding hydrogens is 331 g/mol. The maximum Gasteiger partial charge on any atom is 0.422 e. The summed E-state index contributed by atoms with van der Waals surface area (Å²) in [6.07, 6.45) is -5.92. The highest BCUT2D eigenvalue weighted by atomic mass is 32.2. The van der Waals surface area contributed by atoms with Gasteiger partial charge in [0.1, 0.15) is 5.75 Å². The van der Waals surface area contributed by atoms with Crippen LogP contribution in [0.25, 0.3) is 0 Å². The fourth-order valence-electron chi connectivity index (χ4n) is 1.11. The number of benzene rings is 1. The van der Waals surface area contributed by atoms with Crippen LogP contribution in [-0.2, 0) is 19.7 Å². The minimum Gasteiger partial charge on any atom is -0.484 e. The van der Waals surface area contributed by atoms with Crippen LogP contribution in [0.5, 0.6) is 5.75 Å². The van der Waals surface area contributed by atoms with E-state index in [1.54, 1.807) is 4.89 Å². The number of carbonyl (C=O) groups is 1. The van der Waals surface area contributed by atoms with Crippen LogP contribution in [0.3, 0.4) is 0 Å². The Balaban J connectivity index is 2.70. The van der Waals surface area contributed by atoms with E-state index in [2.05, 4.69) is 9.57 Å². The maximum absolute atomic E-state index is 12.0. The first-order valence-electron chi connectivity index (χ1n) is 5.71. The van der Waals surface area contributed by atoms with Gasteiger partial charge in [0.15, 0.2) is 12.7 Å². The number of hydrogen-bond acceptors (Lipinski definition) is 5. The minimum atomic E-state index is -4.51. The molecule has 0 saturated carbocycles. The molecule has 1 atom stereocenters. The number of nitrogens with one attached hydrogen (secondary N) is 1. The average molecular weight is 343 g/mol. The molecule has 124 valence electrons. The van der Waals surface area contributed by atoms with Crippen molar-refractivity contribution in [3.63, 3.8) is 0 Å². The van der Waals surface area contributed by atoms with Gasteiger partial charge in [-0.15, -0.1) is 0 Å². The van der Waals surface area contributed by atoms with E-state index < -0.39 is 34.9 Å². The summed E-state index contributed by atoms with van der Waals surface area (Å²) in [6, 6.07) is 4.04. The molecular formula is C11H12F3NO6S. The van der Waals surface area contributed by atoms with Crippen molar-refractivity contribution in [2.75, 3.05) is 6.61 Å². The predicted octanol–water partition coefficient (Wildman–Crippen LogP) is 1.31. The Hall–Kier alpha value is -1.85. The van der Waals surface area contributed by atoms with Crippen LogP contribution in [0.2, 0.25) is 0 Å². The van der Waals surface area contributed by atoms with Gasteiger partial charge in [-0.3, -0.25) is 4.84 Å². The van der Waals surface area contributed by atoms with Gasteiger partial charge in [0.25, 0.3) is 10.0 Å². The molecule has 1 unspecified atom stereocenters. The summed E-state index contributed by atoms with van der Waals surface area (Å²) in [4.78, 5) is 16.2.